The monoisotopic (exact) mass is 377 g/mol. The third-order valence-corrected chi connectivity index (χ3v) is 5.16. The molecule has 2 aromatic rings. The lowest BCUT2D eigenvalue weighted by Gasteiger charge is -2.30. The number of nitro groups is 1. The number of carbonyl (C=O) groups excluding carboxylic acids is 1. The van der Waals surface area contributed by atoms with Crippen molar-refractivity contribution in [3.63, 3.8) is 0 Å². The third-order valence-electron chi connectivity index (χ3n) is 4.17. The first-order valence-corrected chi connectivity index (χ1v) is 9.11. The van der Waals surface area contributed by atoms with E-state index in [0.29, 0.717) is 38.4 Å². The van der Waals surface area contributed by atoms with Gasteiger partial charge in [0.25, 0.3) is 5.69 Å². The highest BCUT2D eigenvalue weighted by Crippen LogP contribution is 2.27. The minimum atomic E-state index is -0.558. The number of nitro benzene ring substituents is 1. The van der Waals surface area contributed by atoms with Crippen LogP contribution in [0.1, 0.15) is 20.9 Å². The molecular weight excluding hydrogens is 358 g/mol. The molecule has 3 rings (SSSR count). The minimum Gasteiger partial charge on any atom is -0.462 e. The van der Waals surface area contributed by atoms with Crippen molar-refractivity contribution in [1.82, 2.24) is 4.98 Å². The van der Waals surface area contributed by atoms with Gasteiger partial charge < -0.3 is 14.4 Å². The number of morpholine rings is 1. The van der Waals surface area contributed by atoms with E-state index in [9.17, 15) is 14.9 Å². The Bertz CT molecular complexity index is 801. The zero-order valence-corrected chi connectivity index (χ0v) is 15.2. The lowest BCUT2D eigenvalue weighted by Crippen LogP contribution is -2.37. The van der Waals surface area contributed by atoms with E-state index < -0.39 is 10.9 Å². The van der Waals surface area contributed by atoms with E-state index in [0.717, 1.165) is 10.6 Å². The number of non-ortho nitro benzene ring substituents is 1. The van der Waals surface area contributed by atoms with Crippen LogP contribution in [0.2, 0.25) is 0 Å². The van der Waals surface area contributed by atoms with Crippen LogP contribution >= 0.6 is 11.3 Å². The van der Waals surface area contributed by atoms with Crippen molar-refractivity contribution >= 4 is 28.7 Å². The Balaban J connectivity index is 1.76. The second-order valence-corrected chi connectivity index (χ2v) is 6.74. The molecule has 0 atom stereocenters. The quantitative estimate of drug-likeness (QED) is 0.434. The number of hydrogen-bond acceptors (Lipinski definition) is 8. The van der Waals surface area contributed by atoms with Gasteiger partial charge in [-0.2, -0.15) is 0 Å². The summed E-state index contributed by atoms with van der Waals surface area (Å²) in [5.41, 5.74) is 3.39. The fourth-order valence-electron chi connectivity index (χ4n) is 2.76. The average molecular weight is 377 g/mol. The summed E-state index contributed by atoms with van der Waals surface area (Å²) in [7, 11) is 0. The average Bonchev–Trinajstić information content (AvgIpc) is 3.06. The van der Waals surface area contributed by atoms with Crippen molar-refractivity contribution in [3.8, 4) is 0 Å². The number of rotatable bonds is 6. The highest BCUT2D eigenvalue weighted by molar-refractivity contribution is 7.09. The second-order valence-electron chi connectivity index (χ2n) is 5.80. The molecule has 0 spiro atoms. The number of aromatic nitrogens is 1. The largest absolute Gasteiger partial charge is 0.462 e. The summed E-state index contributed by atoms with van der Waals surface area (Å²) < 4.78 is 10.7. The zero-order chi connectivity index (χ0) is 18.5. The summed E-state index contributed by atoms with van der Waals surface area (Å²) in [6.45, 7) is 4.46. The number of ether oxygens (including phenoxy) is 2. The van der Waals surface area contributed by atoms with E-state index >= 15 is 0 Å². The molecule has 0 saturated carbocycles. The second kappa shape index (κ2) is 8.24. The molecule has 138 valence electrons. The predicted molar refractivity (Wildman–Crippen MR) is 97.0 cm³/mol. The third kappa shape index (κ3) is 4.17. The molecule has 9 heteroatoms. The number of nitrogens with zero attached hydrogens (tertiary/aromatic N) is 3. The Morgan fingerprint density at radius 2 is 2.19 bits per heavy atom. The molecule has 1 saturated heterocycles. The Morgan fingerprint density at radius 3 is 2.85 bits per heavy atom. The van der Waals surface area contributed by atoms with Gasteiger partial charge in [0.05, 0.1) is 47.2 Å². The van der Waals surface area contributed by atoms with E-state index in [4.69, 9.17) is 9.47 Å². The standard InChI is InChI=1S/C17H19N3O5S/c1-12-16(26-11-18-12)4-7-25-17(21)14-10-13(20(22)23)2-3-15(14)19-5-8-24-9-6-19/h2-3,10-11H,4-9H2,1H3. The molecule has 8 nitrogen and oxygen atoms in total. The van der Waals surface area contributed by atoms with Crippen molar-refractivity contribution in [2.45, 2.75) is 13.3 Å². The van der Waals surface area contributed by atoms with Crippen LogP contribution in [0.5, 0.6) is 0 Å². The molecule has 1 aromatic heterocycles. The molecule has 1 aromatic carbocycles. The van der Waals surface area contributed by atoms with E-state index in [1.54, 1.807) is 11.6 Å². The Labute approximate surface area is 154 Å². The van der Waals surface area contributed by atoms with Crippen LogP contribution in [0.25, 0.3) is 0 Å². The summed E-state index contributed by atoms with van der Waals surface area (Å²) in [5.74, 6) is -0.558. The van der Waals surface area contributed by atoms with Crippen LogP contribution in [0, 0.1) is 17.0 Å². The van der Waals surface area contributed by atoms with Crippen molar-refractivity contribution in [3.05, 3.63) is 50.0 Å². The maximum atomic E-state index is 12.6. The van der Waals surface area contributed by atoms with Crippen LogP contribution in [-0.4, -0.2) is 48.8 Å². The first kappa shape index (κ1) is 18.3. The first-order valence-electron chi connectivity index (χ1n) is 8.23. The van der Waals surface area contributed by atoms with Crippen molar-refractivity contribution in [1.29, 1.82) is 0 Å². The number of carbonyl (C=O) groups is 1. The van der Waals surface area contributed by atoms with Crippen LogP contribution < -0.4 is 4.90 Å². The molecule has 0 radical (unpaired) electrons. The number of hydrogen-bond donors (Lipinski definition) is 0. The van der Waals surface area contributed by atoms with Gasteiger partial charge in [-0.05, 0) is 13.0 Å². The normalized spacial score (nSPS) is 14.3. The lowest BCUT2D eigenvalue weighted by atomic mass is 10.1. The predicted octanol–water partition coefficient (Wildman–Crippen LogP) is 2.60. The number of esters is 1. The van der Waals surface area contributed by atoms with Gasteiger partial charge in [-0.3, -0.25) is 10.1 Å². The zero-order valence-electron chi connectivity index (χ0n) is 14.3. The van der Waals surface area contributed by atoms with Gasteiger partial charge >= 0.3 is 5.97 Å². The molecule has 2 heterocycles. The molecule has 0 amide bonds. The molecule has 0 bridgehead atoms. The fraction of sp³-hybridized carbons (Fsp3) is 0.412. The van der Waals surface area contributed by atoms with Gasteiger partial charge in [0.2, 0.25) is 0 Å². The topological polar surface area (TPSA) is 94.8 Å². The number of benzene rings is 1. The molecular formula is C17H19N3O5S. The molecule has 1 aliphatic heterocycles. The van der Waals surface area contributed by atoms with Crippen LogP contribution in [0.3, 0.4) is 0 Å². The molecule has 1 fully saturated rings. The highest BCUT2D eigenvalue weighted by atomic mass is 32.1. The van der Waals surface area contributed by atoms with Crippen molar-refractivity contribution in [2.75, 3.05) is 37.8 Å². The summed E-state index contributed by atoms with van der Waals surface area (Å²) >= 11 is 1.52. The Hall–Kier alpha value is -2.52. The summed E-state index contributed by atoms with van der Waals surface area (Å²) in [6, 6.07) is 4.29. The Kier molecular flexibility index (Phi) is 5.79. The van der Waals surface area contributed by atoms with Crippen molar-refractivity contribution in [2.24, 2.45) is 0 Å². The number of anilines is 1. The number of thiazole rings is 1. The molecule has 26 heavy (non-hydrogen) atoms. The molecule has 0 unspecified atom stereocenters. The number of aryl methyl sites for hydroxylation is 1. The SMILES string of the molecule is Cc1ncsc1CCOC(=O)c1cc([N+](=O)[O-])ccc1N1CCOCC1. The van der Waals surface area contributed by atoms with Gasteiger partial charge in [0.15, 0.2) is 0 Å². The molecule has 0 N–H and O–H groups in total. The molecule has 1 aliphatic rings. The minimum absolute atomic E-state index is 0.132. The fourth-order valence-corrected chi connectivity index (χ4v) is 3.52. The summed E-state index contributed by atoms with van der Waals surface area (Å²) in [6.07, 6.45) is 0.573. The van der Waals surface area contributed by atoms with Gasteiger partial charge in [0.1, 0.15) is 0 Å². The van der Waals surface area contributed by atoms with Gasteiger partial charge in [0, 0.05) is 36.5 Å². The van der Waals surface area contributed by atoms with Gasteiger partial charge in [-0.15, -0.1) is 11.3 Å². The summed E-state index contributed by atoms with van der Waals surface area (Å²) in [4.78, 5) is 30.4. The smallest absolute Gasteiger partial charge is 0.340 e. The van der Waals surface area contributed by atoms with Crippen molar-refractivity contribution < 1.29 is 19.2 Å². The van der Waals surface area contributed by atoms with Gasteiger partial charge in [-0.25, -0.2) is 9.78 Å². The maximum absolute atomic E-state index is 12.6. The van der Waals surface area contributed by atoms with E-state index in [2.05, 4.69) is 4.98 Å². The van der Waals surface area contributed by atoms with Gasteiger partial charge in [-0.1, -0.05) is 0 Å². The van der Waals surface area contributed by atoms with E-state index in [1.165, 1.54) is 23.5 Å². The van der Waals surface area contributed by atoms with Crippen LogP contribution in [0.15, 0.2) is 23.7 Å². The van der Waals surface area contributed by atoms with Crippen LogP contribution in [0.4, 0.5) is 11.4 Å². The highest BCUT2D eigenvalue weighted by Gasteiger charge is 2.23. The van der Waals surface area contributed by atoms with Crippen LogP contribution in [-0.2, 0) is 15.9 Å². The van der Waals surface area contributed by atoms with E-state index in [1.807, 2.05) is 11.8 Å². The Morgan fingerprint density at radius 1 is 1.42 bits per heavy atom. The summed E-state index contributed by atoms with van der Waals surface area (Å²) in [5, 5.41) is 11.1. The maximum Gasteiger partial charge on any atom is 0.340 e. The first-order chi connectivity index (χ1) is 12.6. The van der Waals surface area contributed by atoms with E-state index in [-0.39, 0.29) is 17.9 Å². The lowest BCUT2D eigenvalue weighted by molar-refractivity contribution is -0.384. The molecule has 0 aliphatic carbocycles.